The zero-order valence-electron chi connectivity index (χ0n) is 8.31. The molecule has 0 saturated carbocycles. The Morgan fingerprint density at radius 3 is 2.73 bits per heavy atom. The molecule has 1 rings (SSSR count). The zero-order valence-corrected chi connectivity index (χ0v) is 8.31. The molecule has 0 bridgehead atoms. The van der Waals surface area contributed by atoms with E-state index < -0.39 is 0 Å². The summed E-state index contributed by atoms with van der Waals surface area (Å²) in [5.41, 5.74) is 1.02. The lowest BCUT2D eigenvalue weighted by Gasteiger charge is -2.03. The van der Waals surface area contributed by atoms with Gasteiger partial charge in [-0.2, -0.15) is 0 Å². The van der Waals surface area contributed by atoms with Crippen molar-refractivity contribution in [1.82, 2.24) is 5.32 Å². The van der Waals surface area contributed by atoms with Crippen molar-refractivity contribution in [3.05, 3.63) is 35.9 Å². The fraction of sp³-hybridized carbons (Fsp3) is 0.273. The van der Waals surface area contributed by atoms with E-state index in [-0.39, 0.29) is 18.9 Å². The maximum atomic E-state index is 11.0. The molecule has 80 valence electrons. The number of Topliss-reactive ketones (excluding diaryl/α,β-unsaturated/α-hetero) is 1. The molecule has 0 unspecified atom stereocenters. The summed E-state index contributed by atoms with van der Waals surface area (Å²) in [7, 11) is 0. The van der Waals surface area contributed by atoms with Gasteiger partial charge in [0.25, 0.3) is 0 Å². The van der Waals surface area contributed by atoms with E-state index in [9.17, 15) is 9.59 Å². The third-order valence-corrected chi connectivity index (χ3v) is 1.76. The van der Waals surface area contributed by atoms with Crippen LogP contribution in [0.15, 0.2) is 30.3 Å². The number of carbonyl (C=O) groups is 2. The molecule has 0 saturated heterocycles. The number of hydrogen-bond donors (Lipinski definition) is 1. The summed E-state index contributed by atoms with van der Waals surface area (Å²) in [6.45, 7) is 0.460. The second kappa shape index (κ2) is 6.73. The van der Waals surface area contributed by atoms with Crippen molar-refractivity contribution < 1.29 is 14.3 Å². The van der Waals surface area contributed by atoms with Crippen LogP contribution in [0, 0.1) is 0 Å². The normalized spacial score (nSPS) is 9.60. The molecule has 0 spiro atoms. The van der Waals surface area contributed by atoms with Gasteiger partial charge in [-0.05, 0) is 5.56 Å². The van der Waals surface area contributed by atoms with Crippen LogP contribution >= 0.6 is 0 Å². The molecule has 0 aromatic heterocycles. The van der Waals surface area contributed by atoms with Crippen molar-refractivity contribution >= 4 is 12.2 Å². The van der Waals surface area contributed by atoms with Crippen LogP contribution in [-0.2, 0) is 20.9 Å². The number of amides is 1. The van der Waals surface area contributed by atoms with Crippen LogP contribution in [0.2, 0.25) is 0 Å². The highest BCUT2D eigenvalue weighted by Crippen LogP contribution is 1.99. The fourth-order valence-electron chi connectivity index (χ4n) is 1.06. The first-order chi connectivity index (χ1) is 7.33. The molecule has 4 heteroatoms. The second-order valence-corrected chi connectivity index (χ2v) is 3.02. The highest BCUT2D eigenvalue weighted by atomic mass is 16.5. The standard InChI is InChI=1S/C11H13NO3/c13-9-12-6-11(14)8-15-7-10-4-2-1-3-5-10/h1-5,9H,6-8H2,(H,12,13). The van der Waals surface area contributed by atoms with E-state index in [1.54, 1.807) is 0 Å². The molecule has 0 aliphatic heterocycles. The third kappa shape index (κ3) is 4.93. The third-order valence-electron chi connectivity index (χ3n) is 1.76. The van der Waals surface area contributed by atoms with Gasteiger partial charge >= 0.3 is 0 Å². The zero-order chi connectivity index (χ0) is 10.9. The number of ether oxygens (including phenoxy) is 1. The summed E-state index contributed by atoms with van der Waals surface area (Å²) >= 11 is 0. The molecular formula is C11H13NO3. The molecule has 15 heavy (non-hydrogen) atoms. The molecule has 0 aliphatic rings. The van der Waals surface area contributed by atoms with Crippen molar-refractivity contribution in [2.24, 2.45) is 0 Å². The van der Waals surface area contributed by atoms with E-state index in [1.807, 2.05) is 30.3 Å². The average molecular weight is 207 g/mol. The summed E-state index contributed by atoms with van der Waals surface area (Å²) in [6.07, 6.45) is 0.495. The largest absolute Gasteiger partial charge is 0.369 e. The summed E-state index contributed by atoms with van der Waals surface area (Å²) in [6, 6.07) is 9.59. The Bertz CT molecular complexity index is 311. The maximum Gasteiger partial charge on any atom is 0.207 e. The molecule has 4 nitrogen and oxygen atoms in total. The van der Waals surface area contributed by atoms with Crippen molar-refractivity contribution in [1.29, 1.82) is 0 Å². The predicted molar refractivity (Wildman–Crippen MR) is 55.2 cm³/mol. The molecule has 1 amide bonds. The molecule has 0 heterocycles. The van der Waals surface area contributed by atoms with Crippen molar-refractivity contribution in [3.63, 3.8) is 0 Å². The maximum absolute atomic E-state index is 11.0. The summed E-state index contributed by atoms with van der Waals surface area (Å²) < 4.78 is 5.17. The van der Waals surface area contributed by atoms with Crippen LogP contribution in [0.3, 0.4) is 0 Å². The van der Waals surface area contributed by atoms with Crippen LogP contribution < -0.4 is 5.32 Å². The van der Waals surface area contributed by atoms with Gasteiger partial charge in [0.05, 0.1) is 13.2 Å². The van der Waals surface area contributed by atoms with Crippen LogP contribution in [0.25, 0.3) is 0 Å². The van der Waals surface area contributed by atoms with Gasteiger partial charge in [0.1, 0.15) is 6.61 Å². The van der Waals surface area contributed by atoms with E-state index >= 15 is 0 Å². The smallest absolute Gasteiger partial charge is 0.207 e. The Kier molecular flexibility index (Phi) is 5.11. The first-order valence-electron chi connectivity index (χ1n) is 4.63. The molecule has 0 aliphatic carbocycles. The SMILES string of the molecule is O=CNCC(=O)COCc1ccccc1. The topological polar surface area (TPSA) is 55.4 Å². The monoisotopic (exact) mass is 207 g/mol. The van der Waals surface area contributed by atoms with Gasteiger partial charge in [-0.1, -0.05) is 30.3 Å². The molecule has 0 atom stereocenters. The van der Waals surface area contributed by atoms with E-state index in [0.717, 1.165) is 5.56 Å². The van der Waals surface area contributed by atoms with Crippen LogP contribution in [0.4, 0.5) is 0 Å². The Hall–Kier alpha value is -1.68. The summed E-state index contributed by atoms with van der Waals surface area (Å²) in [5.74, 6) is -0.141. The minimum Gasteiger partial charge on any atom is -0.369 e. The van der Waals surface area contributed by atoms with Crippen LogP contribution in [-0.4, -0.2) is 25.3 Å². The first-order valence-corrected chi connectivity index (χ1v) is 4.63. The number of rotatable bonds is 7. The van der Waals surface area contributed by atoms with Crippen molar-refractivity contribution in [2.45, 2.75) is 6.61 Å². The van der Waals surface area contributed by atoms with Gasteiger partial charge < -0.3 is 10.1 Å². The number of hydrogen-bond acceptors (Lipinski definition) is 3. The van der Waals surface area contributed by atoms with E-state index in [4.69, 9.17) is 4.74 Å². The van der Waals surface area contributed by atoms with Crippen molar-refractivity contribution in [2.75, 3.05) is 13.2 Å². The van der Waals surface area contributed by atoms with Gasteiger partial charge in [0.2, 0.25) is 6.41 Å². The Balaban J connectivity index is 2.16. The Morgan fingerprint density at radius 1 is 1.33 bits per heavy atom. The highest BCUT2D eigenvalue weighted by molar-refractivity contribution is 5.83. The van der Waals surface area contributed by atoms with Gasteiger partial charge in [-0.3, -0.25) is 9.59 Å². The number of ketones is 1. The molecule has 0 fully saturated rings. The van der Waals surface area contributed by atoms with Gasteiger partial charge in [-0.25, -0.2) is 0 Å². The summed E-state index contributed by atoms with van der Waals surface area (Å²) in [4.78, 5) is 20.9. The van der Waals surface area contributed by atoms with E-state index in [1.165, 1.54) is 0 Å². The van der Waals surface area contributed by atoms with Crippen molar-refractivity contribution in [3.8, 4) is 0 Å². The predicted octanol–water partition coefficient (Wildman–Crippen LogP) is 0.518. The average Bonchev–Trinajstić information content (AvgIpc) is 2.28. The highest BCUT2D eigenvalue weighted by Gasteiger charge is 2.00. The lowest BCUT2D eigenvalue weighted by Crippen LogP contribution is -2.24. The minimum atomic E-state index is -0.141. The fourth-order valence-corrected chi connectivity index (χ4v) is 1.06. The molecule has 1 N–H and O–H groups in total. The molecule has 1 aromatic rings. The Labute approximate surface area is 88.2 Å². The van der Waals surface area contributed by atoms with E-state index in [2.05, 4.69) is 5.32 Å². The lowest BCUT2D eigenvalue weighted by molar-refractivity contribution is -0.124. The first kappa shape index (κ1) is 11.4. The van der Waals surface area contributed by atoms with Crippen LogP contribution in [0.1, 0.15) is 5.56 Å². The number of nitrogens with one attached hydrogen (secondary N) is 1. The Morgan fingerprint density at radius 2 is 2.07 bits per heavy atom. The van der Waals surface area contributed by atoms with Gasteiger partial charge in [0, 0.05) is 0 Å². The van der Waals surface area contributed by atoms with Crippen LogP contribution in [0.5, 0.6) is 0 Å². The molecule has 0 radical (unpaired) electrons. The number of carbonyl (C=O) groups excluding carboxylic acids is 2. The molecular weight excluding hydrogens is 194 g/mol. The minimum absolute atomic E-state index is 0.0235. The number of benzene rings is 1. The second-order valence-electron chi connectivity index (χ2n) is 3.02. The van der Waals surface area contributed by atoms with E-state index in [0.29, 0.717) is 13.0 Å². The summed E-state index contributed by atoms with van der Waals surface area (Å²) in [5, 5.41) is 2.29. The lowest BCUT2D eigenvalue weighted by atomic mass is 10.2. The van der Waals surface area contributed by atoms with Gasteiger partial charge in [0.15, 0.2) is 5.78 Å². The molecule has 1 aromatic carbocycles. The van der Waals surface area contributed by atoms with Gasteiger partial charge in [-0.15, -0.1) is 0 Å². The quantitative estimate of drug-likeness (QED) is 0.663.